The number of nitrogen functional groups attached to an aromatic ring is 1. The molecule has 1 fully saturated rings. The standard InChI is InChI=1S/C16H19N7O6/c1-2-28-15(27)7-3-19-23(4-7)16-20-12(17)9-13(21-16)22(6-18-9)14-11(26)10(25)8(5-24)29-14/h3-4,6,8,10-11,14,24-26H,2,5H2,1H3,(H2,17,20,21)/t8-,10-,11-,14+/m1/s1. The number of nitrogens with zero attached hydrogens (tertiary/aromatic N) is 6. The highest BCUT2D eigenvalue weighted by Gasteiger charge is 2.44. The van der Waals surface area contributed by atoms with Crippen molar-refractivity contribution >= 4 is 23.0 Å². The lowest BCUT2D eigenvalue weighted by Gasteiger charge is -2.16. The van der Waals surface area contributed by atoms with Crippen molar-refractivity contribution in [1.29, 1.82) is 0 Å². The highest BCUT2D eigenvalue weighted by Crippen LogP contribution is 2.32. The molecule has 0 unspecified atom stereocenters. The third-order valence-corrected chi connectivity index (χ3v) is 4.53. The summed E-state index contributed by atoms with van der Waals surface area (Å²) in [5, 5.41) is 33.6. The molecule has 13 heteroatoms. The molecule has 4 rings (SSSR count). The summed E-state index contributed by atoms with van der Waals surface area (Å²) >= 11 is 0. The van der Waals surface area contributed by atoms with Crippen LogP contribution in [0.15, 0.2) is 18.7 Å². The minimum atomic E-state index is -1.32. The Labute approximate surface area is 163 Å². The van der Waals surface area contributed by atoms with E-state index in [-0.39, 0.29) is 35.1 Å². The number of fused-ring (bicyclic) bond motifs is 1. The van der Waals surface area contributed by atoms with Gasteiger partial charge in [0.1, 0.15) is 23.8 Å². The van der Waals surface area contributed by atoms with Crippen LogP contribution in [0.5, 0.6) is 0 Å². The summed E-state index contributed by atoms with van der Waals surface area (Å²) < 4.78 is 13.1. The van der Waals surface area contributed by atoms with Gasteiger partial charge in [0.25, 0.3) is 5.95 Å². The van der Waals surface area contributed by atoms with Crippen LogP contribution in [0.4, 0.5) is 5.82 Å². The van der Waals surface area contributed by atoms with Gasteiger partial charge in [-0.1, -0.05) is 0 Å². The second-order valence-corrected chi connectivity index (χ2v) is 6.36. The maximum Gasteiger partial charge on any atom is 0.341 e. The molecule has 0 aromatic carbocycles. The summed E-state index contributed by atoms with van der Waals surface area (Å²) in [7, 11) is 0. The summed E-state index contributed by atoms with van der Waals surface area (Å²) in [6, 6.07) is 0. The van der Waals surface area contributed by atoms with Crippen LogP contribution in [-0.2, 0) is 9.47 Å². The minimum Gasteiger partial charge on any atom is -0.462 e. The molecule has 4 heterocycles. The van der Waals surface area contributed by atoms with E-state index in [9.17, 15) is 20.1 Å². The Kier molecular flexibility index (Phi) is 4.87. The molecule has 154 valence electrons. The SMILES string of the molecule is CCOC(=O)c1cnn(-c2nc(N)c3ncn([C@H]4O[C@H](CO)[C@@H](O)[C@H]4O)c3n2)c1. The third-order valence-electron chi connectivity index (χ3n) is 4.53. The highest BCUT2D eigenvalue weighted by atomic mass is 16.6. The van der Waals surface area contributed by atoms with Crippen molar-refractivity contribution in [2.75, 3.05) is 18.9 Å². The predicted octanol–water partition coefficient (Wildman–Crippen LogP) is -1.62. The Balaban J connectivity index is 1.74. The molecular formula is C16H19N7O6. The fourth-order valence-electron chi connectivity index (χ4n) is 3.08. The van der Waals surface area contributed by atoms with Crippen LogP contribution in [0, 0.1) is 0 Å². The molecule has 1 aliphatic rings. The summed E-state index contributed by atoms with van der Waals surface area (Å²) in [5.41, 5.74) is 6.67. The number of rotatable bonds is 5. The predicted molar refractivity (Wildman–Crippen MR) is 95.8 cm³/mol. The number of aliphatic hydroxyl groups is 3. The Morgan fingerprint density at radius 1 is 1.34 bits per heavy atom. The minimum absolute atomic E-state index is 0.0451. The van der Waals surface area contributed by atoms with E-state index in [1.807, 2.05) is 0 Å². The van der Waals surface area contributed by atoms with Gasteiger partial charge in [-0.05, 0) is 6.92 Å². The molecule has 0 spiro atoms. The van der Waals surface area contributed by atoms with Gasteiger partial charge in [0, 0.05) is 6.20 Å². The average molecular weight is 405 g/mol. The molecule has 1 saturated heterocycles. The molecule has 4 atom stereocenters. The van der Waals surface area contributed by atoms with E-state index in [1.165, 1.54) is 28.0 Å². The monoisotopic (exact) mass is 405 g/mol. The van der Waals surface area contributed by atoms with Crippen molar-refractivity contribution in [2.45, 2.75) is 31.5 Å². The van der Waals surface area contributed by atoms with Gasteiger partial charge in [-0.15, -0.1) is 0 Å². The molecule has 0 radical (unpaired) electrons. The number of hydrogen-bond donors (Lipinski definition) is 4. The summed E-state index contributed by atoms with van der Waals surface area (Å²) in [6.07, 6.45) is -0.542. The zero-order valence-corrected chi connectivity index (χ0v) is 15.3. The number of carbonyl (C=O) groups is 1. The van der Waals surface area contributed by atoms with Gasteiger partial charge >= 0.3 is 5.97 Å². The van der Waals surface area contributed by atoms with E-state index in [0.29, 0.717) is 0 Å². The molecule has 29 heavy (non-hydrogen) atoms. The van der Waals surface area contributed by atoms with Gasteiger partial charge in [-0.2, -0.15) is 15.1 Å². The molecule has 0 saturated carbocycles. The van der Waals surface area contributed by atoms with Gasteiger partial charge in [0.15, 0.2) is 17.7 Å². The van der Waals surface area contributed by atoms with Crippen molar-refractivity contribution in [3.05, 3.63) is 24.3 Å². The lowest BCUT2D eigenvalue weighted by Crippen LogP contribution is -2.33. The van der Waals surface area contributed by atoms with Gasteiger partial charge < -0.3 is 30.5 Å². The lowest BCUT2D eigenvalue weighted by molar-refractivity contribution is -0.0511. The Hall–Kier alpha value is -3.13. The van der Waals surface area contributed by atoms with E-state index in [2.05, 4.69) is 20.1 Å². The second kappa shape index (κ2) is 7.36. The maximum absolute atomic E-state index is 11.8. The second-order valence-electron chi connectivity index (χ2n) is 6.36. The average Bonchev–Trinajstić information content (AvgIpc) is 3.41. The number of ether oxygens (including phenoxy) is 2. The highest BCUT2D eigenvalue weighted by molar-refractivity contribution is 5.89. The zero-order chi connectivity index (χ0) is 20.7. The normalized spacial score (nSPS) is 24.3. The largest absolute Gasteiger partial charge is 0.462 e. The quantitative estimate of drug-likeness (QED) is 0.358. The van der Waals surface area contributed by atoms with E-state index in [1.54, 1.807) is 6.92 Å². The first-order valence-corrected chi connectivity index (χ1v) is 8.79. The maximum atomic E-state index is 11.8. The molecular weight excluding hydrogens is 386 g/mol. The van der Waals surface area contributed by atoms with Crippen LogP contribution in [-0.4, -0.2) is 82.1 Å². The Bertz CT molecular complexity index is 1050. The van der Waals surface area contributed by atoms with Crippen molar-refractivity contribution in [3.8, 4) is 5.95 Å². The molecule has 5 N–H and O–H groups in total. The van der Waals surface area contributed by atoms with Crippen LogP contribution >= 0.6 is 0 Å². The smallest absolute Gasteiger partial charge is 0.341 e. The van der Waals surface area contributed by atoms with E-state index in [0.717, 1.165) is 0 Å². The fourth-order valence-corrected chi connectivity index (χ4v) is 3.08. The summed E-state index contributed by atoms with van der Waals surface area (Å²) in [6.45, 7) is 1.45. The van der Waals surface area contributed by atoms with Gasteiger partial charge in [0.2, 0.25) is 0 Å². The van der Waals surface area contributed by atoms with Crippen molar-refractivity contribution < 1.29 is 29.6 Å². The zero-order valence-electron chi connectivity index (χ0n) is 15.3. The van der Waals surface area contributed by atoms with Crippen LogP contribution in [0.25, 0.3) is 17.1 Å². The number of aromatic nitrogens is 6. The fraction of sp³-hybridized carbons (Fsp3) is 0.438. The summed E-state index contributed by atoms with van der Waals surface area (Å²) in [5.74, 6) is -0.438. The number of anilines is 1. The van der Waals surface area contributed by atoms with Gasteiger partial charge in [-0.3, -0.25) is 4.57 Å². The molecule has 0 aliphatic carbocycles. The van der Waals surface area contributed by atoms with E-state index < -0.39 is 37.1 Å². The Morgan fingerprint density at radius 2 is 2.14 bits per heavy atom. The molecule has 1 aliphatic heterocycles. The van der Waals surface area contributed by atoms with Crippen LogP contribution < -0.4 is 5.73 Å². The number of nitrogens with two attached hydrogens (primary N) is 1. The lowest BCUT2D eigenvalue weighted by atomic mass is 10.1. The van der Waals surface area contributed by atoms with Crippen molar-refractivity contribution in [1.82, 2.24) is 29.3 Å². The topological polar surface area (TPSA) is 184 Å². The van der Waals surface area contributed by atoms with Gasteiger partial charge in [-0.25, -0.2) is 14.5 Å². The molecule has 3 aromatic rings. The molecule has 13 nitrogen and oxygen atoms in total. The number of carbonyl (C=O) groups excluding carboxylic acids is 1. The Morgan fingerprint density at radius 3 is 2.83 bits per heavy atom. The van der Waals surface area contributed by atoms with Crippen LogP contribution in [0.2, 0.25) is 0 Å². The van der Waals surface area contributed by atoms with E-state index >= 15 is 0 Å². The van der Waals surface area contributed by atoms with Crippen LogP contribution in [0.3, 0.4) is 0 Å². The molecule has 3 aromatic heterocycles. The number of imidazole rings is 1. The first-order valence-electron chi connectivity index (χ1n) is 8.79. The molecule has 0 amide bonds. The van der Waals surface area contributed by atoms with Crippen LogP contribution in [0.1, 0.15) is 23.5 Å². The number of aliphatic hydroxyl groups excluding tert-OH is 3. The third kappa shape index (κ3) is 3.19. The first kappa shape index (κ1) is 19.2. The van der Waals surface area contributed by atoms with E-state index in [4.69, 9.17) is 15.2 Å². The number of hydrogen-bond acceptors (Lipinski definition) is 11. The van der Waals surface area contributed by atoms with Gasteiger partial charge in [0.05, 0.1) is 31.3 Å². The number of esters is 1. The van der Waals surface area contributed by atoms with Crippen molar-refractivity contribution in [2.24, 2.45) is 0 Å². The van der Waals surface area contributed by atoms with Crippen molar-refractivity contribution in [3.63, 3.8) is 0 Å². The molecule has 0 bridgehead atoms. The summed E-state index contributed by atoms with van der Waals surface area (Å²) in [4.78, 5) is 24.5. The first-order chi connectivity index (χ1) is 13.9.